The number of likely N-dealkylation sites (N-methyl/N-ethyl adjacent to an activating group) is 1. The van der Waals surface area contributed by atoms with Crippen molar-refractivity contribution in [2.45, 2.75) is 19.9 Å². The standard InChI is InChI=1S/C20H21F2NO2/c1-4-25-17-9-5-15(6-10-17)7-12-20(24)23(3)14(2)16-8-11-18(21)19(22)13-16/h5-14H,4H2,1-3H3/b12-7+. The van der Waals surface area contributed by atoms with Gasteiger partial charge in [0.2, 0.25) is 5.91 Å². The van der Waals surface area contributed by atoms with E-state index in [4.69, 9.17) is 4.74 Å². The molecule has 1 amide bonds. The van der Waals surface area contributed by atoms with Gasteiger partial charge in [-0.2, -0.15) is 0 Å². The molecule has 0 fully saturated rings. The van der Waals surface area contributed by atoms with E-state index in [1.54, 1.807) is 20.0 Å². The highest BCUT2D eigenvalue weighted by molar-refractivity contribution is 5.91. The maximum atomic E-state index is 13.4. The lowest BCUT2D eigenvalue weighted by Gasteiger charge is -2.24. The zero-order chi connectivity index (χ0) is 18.4. The maximum Gasteiger partial charge on any atom is 0.246 e. The highest BCUT2D eigenvalue weighted by Crippen LogP contribution is 2.21. The molecule has 25 heavy (non-hydrogen) atoms. The van der Waals surface area contributed by atoms with Crippen molar-refractivity contribution in [3.05, 3.63) is 71.3 Å². The molecular formula is C20H21F2NO2. The molecule has 0 aliphatic heterocycles. The Bertz CT molecular complexity index is 757. The van der Waals surface area contributed by atoms with Gasteiger partial charge in [-0.05, 0) is 55.3 Å². The summed E-state index contributed by atoms with van der Waals surface area (Å²) in [4.78, 5) is 13.8. The van der Waals surface area contributed by atoms with Crippen molar-refractivity contribution >= 4 is 12.0 Å². The summed E-state index contributed by atoms with van der Waals surface area (Å²) in [6, 6.07) is 10.6. The van der Waals surface area contributed by atoms with Crippen molar-refractivity contribution in [2.24, 2.45) is 0 Å². The van der Waals surface area contributed by atoms with Gasteiger partial charge in [-0.25, -0.2) is 8.78 Å². The molecule has 2 rings (SSSR count). The first-order valence-corrected chi connectivity index (χ1v) is 8.05. The van der Waals surface area contributed by atoms with E-state index in [2.05, 4.69) is 0 Å². The van der Waals surface area contributed by atoms with Crippen molar-refractivity contribution in [2.75, 3.05) is 13.7 Å². The summed E-state index contributed by atoms with van der Waals surface area (Å²) in [6.45, 7) is 4.27. The van der Waals surface area contributed by atoms with Crippen molar-refractivity contribution in [3.8, 4) is 5.75 Å². The Kier molecular flexibility index (Phi) is 6.28. The minimum atomic E-state index is -0.921. The molecule has 1 atom stereocenters. The van der Waals surface area contributed by atoms with Crippen LogP contribution in [0, 0.1) is 11.6 Å². The fourth-order valence-corrected chi connectivity index (χ4v) is 2.31. The summed E-state index contributed by atoms with van der Waals surface area (Å²) in [5.74, 6) is -1.28. The van der Waals surface area contributed by atoms with Gasteiger partial charge < -0.3 is 9.64 Å². The van der Waals surface area contributed by atoms with Gasteiger partial charge in [0.05, 0.1) is 12.6 Å². The van der Waals surface area contributed by atoms with Crippen LogP contribution in [0.2, 0.25) is 0 Å². The highest BCUT2D eigenvalue weighted by atomic mass is 19.2. The van der Waals surface area contributed by atoms with E-state index in [0.29, 0.717) is 12.2 Å². The van der Waals surface area contributed by atoms with E-state index in [9.17, 15) is 13.6 Å². The van der Waals surface area contributed by atoms with Gasteiger partial charge >= 0.3 is 0 Å². The van der Waals surface area contributed by atoms with Gasteiger partial charge in [-0.15, -0.1) is 0 Å². The molecule has 0 saturated heterocycles. The second-order valence-electron chi connectivity index (χ2n) is 5.63. The number of halogens is 2. The summed E-state index contributed by atoms with van der Waals surface area (Å²) in [7, 11) is 1.62. The van der Waals surface area contributed by atoms with E-state index in [1.165, 1.54) is 17.0 Å². The fourth-order valence-electron chi connectivity index (χ4n) is 2.31. The van der Waals surface area contributed by atoms with Gasteiger partial charge in [-0.3, -0.25) is 4.79 Å². The zero-order valence-electron chi connectivity index (χ0n) is 14.5. The predicted molar refractivity (Wildman–Crippen MR) is 94.2 cm³/mol. The Morgan fingerprint density at radius 3 is 2.44 bits per heavy atom. The normalized spacial score (nSPS) is 12.2. The van der Waals surface area contributed by atoms with Crippen molar-refractivity contribution in [3.63, 3.8) is 0 Å². The number of ether oxygens (including phenoxy) is 1. The first-order valence-electron chi connectivity index (χ1n) is 8.05. The molecule has 2 aromatic rings. The smallest absolute Gasteiger partial charge is 0.246 e. The molecule has 0 aliphatic rings. The Balaban J connectivity index is 2.04. The lowest BCUT2D eigenvalue weighted by molar-refractivity contribution is -0.126. The molecule has 132 valence electrons. The third kappa shape index (κ3) is 4.89. The SMILES string of the molecule is CCOc1ccc(/C=C/C(=O)N(C)C(C)c2ccc(F)c(F)c2)cc1. The van der Waals surface area contributed by atoms with Crippen LogP contribution in [0.1, 0.15) is 31.0 Å². The quantitative estimate of drug-likeness (QED) is 0.716. The molecule has 0 saturated carbocycles. The summed E-state index contributed by atoms with van der Waals surface area (Å²) in [5.41, 5.74) is 1.40. The van der Waals surface area contributed by atoms with Crippen LogP contribution in [0.4, 0.5) is 8.78 Å². The molecule has 0 bridgehead atoms. The number of hydrogen-bond donors (Lipinski definition) is 0. The van der Waals surface area contributed by atoms with Crippen LogP contribution in [0.3, 0.4) is 0 Å². The summed E-state index contributed by atoms with van der Waals surface area (Å²) in [5, 5.41) is 0. The molecular weight excluding hydrogens is 324 g/mol. The number of hydrogen-bond acceptors (Lipinski definition) is 2. The number of carbonyl (C=O) groups excluding carboxylic acids is 1. The molecule has 2 aromatic carbocycles. The fraction of sp³-hybridized carbons (Fsp3) is 0.250. The van der Waals surface area contributed by atoms with E-state index in [1.807, 2.05) is 31.2 Å². The minimum Gasteiger partial charge on any atom is -0.494 e. The number of amides is 1. The molecule has 0 aromatic heterocycles. The topological polar surface area (TPSA) is 29.5 Å². The lowest BCUT2D eigenvalue weighted by atomic mass is 10.1. The number of nitrogens with zero attached hydrogens (tertiary/aromatic N) is 1. The molecule has 0 spiro atoms. The second kappa shape index (κ2) is 8.42. The summed E-state index contributed by atoms with van der Waals surface area (Å²) in [6.07, 6.45) is 3.15. The highest BCUT2D eigenvalue weighted by Gasteiger charge is 2.16. The Hall–Kier alpha value is -2.69. The molecule has 0 aliphatic carbocycles. The van der Waals surface area contributed by atoms with Crippen molar-refractivity contribution < 1.29 is 18.3 Å². The first kappa shape index (κ1) is 18.6. The second-order valence-corrected chi connectivity index (χ2v) is 5.63. The Labute approximate surface area is 146 Å². The largest absolute Gasteiger partial charge is 0.494 e. The van der Waals surface area contributed by atoms with E-state index in [-0.39, 0.29) is 11.9 Å². The zero-order valence-corrected chi connectivity index (χ0v) is 14.5. The van der Waals surface area contributed by atoms with Crippen LogP contribution in [-0.4, -0.2) is 24.5 Å². The van der Waals surface area contributed by atoms with E-state index < -0.39 is 11.6 Å². The molecule has 3 nitrogen and oxygen atoms in total. The van der Waals surface area contributed by atoms with Gasteiger partial charge in [0.1, 0.15) is 5.75 Å². The van der Waals surface area contributed by atoms with Crippen LogP contribution < -0.4 is 4.74 Å². The first-order chi connectivity index (χ1) is 11.9. The Morgan fingerprint density at radius 2 is 1.84 bits per heavy atom. The summed E-state index contributed by atoms with van der Waals surface area (Å²) < 4.78 is 31.8. The molecule has 0 radical (unpaired) electrons. The number of benzene rings is 2. The van der Waals surface area contributed by atoms with Gasteiger partial charge in [-0.1, -0.05) is 18.2 Å². The van der Waals surface area contributed by atoms with Crippen LogP contribution >= 0.6 is 0 Å². The van der Waals surface area contributed by atoms with Crippen LogP contribution in [0.15, 0.2) is 48.5 Å². The average Bonchev–Trinajstić information content (AvgIpc) is 2.62. The molecule has 1 unspecified atom stereocenters. The van der Waals surface area contributed by atoms with Crippen LogP contribution in [0.5, 0.6) is 5.75 Å². The van der Waals surface area contributed by atoms with Crippen LogP contribution in [0.25, 0.3) is 6.08 Å². The van der Waals surface area contributed by atoms with Crippen molar-refractivity contribution in [1.29, 1.82) is 0 Å². The number of rotatable bonds is 6. The third-order valence-corrected chi connectivity index (χ3v) is 3.96. The number of carbonyl (C=O) groups is 1. The van der Waals surface area contributed by atoms with Gasteiger partial charge in [0.15, 0.2) is 11.6 Å². The lowest BCUT2D eigenvalue weighted by Crippen LogP contribution is -2.28. The monoisotopic (exact) mass is 345 g/mol. The van der Waals surface area contributed by atoms with Gasteiger partial charge in [0.25, 0.3) is 0 Å². The Morgan fingerprint density at radius 1 is 1.16 bits per heavy atom. The van der Waals surface area contributed by atoms with Crippen LogP contribution in [-0.2, 0) is 4.79 Å². The molecule has 0 heterocycles. The average molecular weight is 345 g/mol. The minimum absolute atomic E-state index is 0.230. The van der Waals surface area contributed by atoms with Crippen molar-refractivity contribution in [1.82, 2.24) is 4.90 Å². The van der Waals surface area contributed by atoms with E-state index >= 15 is 0 Å². The molecule has 0 N–H and O–H groups in total. The third-order valence-electron chi connectivity index (χ3n) is 3.96. The maximum absolute atomic E-state index is 13.4. The van der Waals surface area contributed by atoms with Gasteiger partial charge in [0, 0.05) is 13.1 Å². The summed E-state index contributed by atoms with van der Waals surface area (Å²) >= 11 is 0. The van der Waals surface area contributed by atoms with E-state index in [0.717, 1.165) is 23.4 Å². The predicted octanol–water partition coefficient (Wildman–Crippen LogP) is 4.60. The molecule has 5 heteroatoms.